The van der Waals surface area contributed by atoms with E-state index in [9.17, 15) is 4.39 Å². The van der Waals surface area contributed by atoms with E-state index in [0.29, 0.717) is 18.0 Å². The van der Waals surface area contributed by atoms with Crippen LogP contribution in [0.3, 0.4) is 0 Å². The molecule has 0 heterocycles. The fourth-order valence-corrected chi connectivity index (χ4v) is 1.41. The molecule has 0 saturated carbocycles. The van der Waals surface area contributed by atoms with Crippen LogP contribution in [0.25, 0.3) is 0 Å². The number of rotatable bonds is 4. The number of nitrogens with one attached hydrogen (secondary N) is 1. The molecule has 1 nitrogen and oxygen atoms in total. The zero-order chi connectivity index (χ0) is 9.68. The Labute approximate surface area is 82.9 Å². The van der Waals surface area contributed by atoms with Crippen molar-refractivity contribution in [2.45, 2.75) is 12.6 Å². The van der Waals surface area contributed by atoms with Crippen LogP contribution in [-0.4, -0.2) is 19.8 Å². The average molecular weight is 202 g/mol. The van der Waals surface area contributed by atoms with Gasteiger partial charge in [0.2, 0.25) is 0 Å². The molecule has 1 N–H and O–H groups in total. The maximum absolute atomic E-state index is 13.1. The van der Waals surface area contributed by atoms with Crippen LogP contribution in [0.1, 0.15) is 5.56 Å². The minimum Gasteiger partial charge on any atom is -0.317 e. The molecule has 0 radical (unpaired) electrons. The zero-order valence-corrected chi connectivity index (χ0v) is 8.31. The first-order valence-corrected chi connectivity index (χ1v) is 4.64. The largest absolute Gasteiger partial charge is 0.317 e. The summed E-state index contributed by atoms with van der Waals surface area (Å²) in [5, 5.41) is 3.43. The first kappa shape index (κ1) is 10.5. The van der Waals surface area contributed by atoms with E-state index in [1.165, 1.54) is 0 Å². The van der Waals surface area contributed by atoms with E-state index < -0.39 is 6.17 Å². The van der Waals surface area contributed by atoms with Gasteiger partial charge in [-0.1, -0.05) is 29.8 Å². The van der Waals surface area contributed by atoms with Crippen molar-refractivity contribution < 1.29 is 4.39 Å². The van der Waals surface area contributed by atoms with E-state index in [1.54, 1.807) is 13.1 Å². The molecular weight excluding hydrogens is 189 g/mol. The molecule has 0 aromatic heterocycles. The maximum atomic E-state index is 13.1. The topological polar surface area (TPSA) is 12.0 Å². The summed E-state index contributed by atoms with van der Waals surface area (Å²) in [6.07, 6.45) is -0.495. The van der Waals surface area contributed by atoms with Gasteiger partial charge in [0.05, 0.1) is 0 Å². The molecule has 0 aliphatic heterocycles. The molecular formula is C10H13ClFN. The lowest BCUT2D eigenvalue weighted by molar-refractivity contribution is 0.324. The lowest BCUT2D eigenvalue weighted by atomic mass is 10.1. The Morgan fingerprint density at radius 2 is 2.15 bits per heavy atom. The van der Waals surface area contributed by atoms with Crippen LogP contribution >= 0.6 is 11.6 Å². The van der Waals surface area contributed by atoms with Gasteiger partial charge in [-0.3, -0.25) is 0 Å². The summed E-state index contributed by atoms with van der Waals surface area (Å²) >= 11 is 5.88. The van der Waals surface area contributed by atoms with Gasteiger partial charge in [-0.2, -0.15) is 0 Å². The second-order valence-corrected chi connectivity index (χ2v) is 3.36. The standard InChI is InChI=1S/C10H13ClFN/c1-13-7-9(12)6-8-4-2-3-5-10(8)11/h2-5,9,13H,6-7H2,1H3/t9-/m0/s1. The van der Waals surface area contributed by atoms with Gasteiger partial charge in [0, 0.05) is 18.0 Å². The Morgan fingerprint density at radius 3 is 2.77 bits per heavy atom. The lowest BCUT2D eigenvalue weighted by Gasteiger charge is -2.08. The molecule has 13 heavy (non-hydrogen) atoms. The summed E-state index contributed by atoms with van der Waals surface area (Å²) < 4.78 is 13.1. The van der Waals surface area contributed by atoms with Gasteiger partial charge < -0.3 is 5.32 Å². The molecule has 0 amide bonds. The van der Waals surface area contributed by atoms with Gasteiger partial charge in [-0.25, -0.2) is 4.39 Å². The molecule has 1 rings (SSSR count). The zero-order valence-electron chi connectivity index (χ0n) is 7.56. The van der Waals surface area contributed by atoms with Gasteiger partial charge in [0.15, 0.2) is 0 Å². The van der Waals surface area contributed by atoms with E-state index in [1.807, 2.05) is 18.2 Å². The fourth-order valence-electron chi connectivity index (χ4n) is 1.20. The van der Waals surface area contributed by atoms with Crippen LogP contribution in [0.2, 0.25) is 5.02 Å². The van der Waals surface area contributed by atoms with Gasteiger partial charge >= 0.3 is 0 Å². The van der Waals surface area contributed by atoms with E-state index in [-0.39, 0.29) is 0 Å². The van der Waals surface area contributed by atoms with Crippen molar-refractivity contribution >= 4 is 11.6 Å². The minimum atomic E-state index is -0.870. The summed E-state index contributed by atoms with van der Waals surface area (Å²) in [6.45, 7) is 0.366. The molecule has 0 aliphatic rings. The van der Waals surface area contributed by atoms with Crippen LogP contribution in [0.15, 0.2) is 24.3 Å². The van der Waals surface area contributed by atoms with Gasteiger partial charge in [0.1, 0.15) is 6.17 Å². The van der Waals surface area contributed by atoms with Crippen molar-refractivity contribution in [1.82, 2.24) is 5.32 Å². The predicted molar refractivity (Wildman–Crippen MR) is 54.0 cm³/mol. The summed E-state index contributed by atoms with van der Waals surface area (Å²) in [4.78, 5) is 0. The third-order valence-corrected chi connectivity index (χ3v) is 2.19. The molecule has 3 heteroatoms. The van der Waals surface area contributed by atoms with E-state index >= 15 is 0 Å². The van der Waals surface area contributed by atoms with Crippen molar-refractivity contribution in [1.29, 1.82) is 0 Å². The molecule has 1 aromatic rings. The van der Waals surface area contributed by atoms with Crippen molar-refractivity contribution in [3.8, 4) is 0 Å². The second-order valence-electron chi connectivity index (χ2n) is 2.95. The molecule has 0 spiro atoms. The molecule has 1 aromatic carbocycles. The summed E-state index contributed by atoms with van der Waals surface area (Å²) in [5.41, 5.74) is 0.868. The fraction of sp³-hybridized carbons (Fsp3) is 0.400. The van der Waals surface area contributed by atoms with E-state index in [0.717, 1.165) is 5.56 Å². The van der Waals surface area contributed by atoms with Gasteiger partial charge in [-0.15, -0.1) is 0 Å². The third-order valence-electron chi connectivity index (χ3n) is 1.82. The van der Waals surface area contributed by atoms with Crippen LogP contribution in [0.4, 0.5) is 4.39 Å². The van der Waals surface area contributed by atoms with Crippen molar-refractivity contribution in [3.05, 3.63) is 34.9 Å². The van der Waals surface area contributed by atoms with Crippen LogP contribution in [0, 0.1) is 0 Å². The molecule has 1 atom stereocenters. The molecule has 0 aliphatic carbocycles. The highest BCUT2D eigenvalue weighted by Gasteiger charge is 2.08. The van der Waals surface area contributed by atoms with Crippen molar-refractivity contribution in [3.63, 3.8) is 0 Å². The highest BCUT2D eigenvalue weighted by atomic mass is 35.5. The minimum absolute atomic E-state index is 0.366. The summed E-state index contributed by atoms with van der Waals surface area (Å²) in [5.74, 6) is 0. The maximum Gasteiger partial charge on any atom is 0.117 e. The Balaban J connectivity index is 2.58. The lowest BCUT2D eigenvalue weighted by Crippen LogP contribution is -2.21. The van der Waals surface area contributed by atoms with Gasteiger partial charge in [-0.05, 0) is 18.7 Å². The second kappa shape index (κ2) is 5.20. The molecule has 0 unspecified atom stereocenters. The molecule has 72 valence electrons. The number of hydrogen-bond acceptors (Lipinski definition) is 1. The Hall–Kier alpha value is -0.600. The number of benzene rings is 1. The van der Waals surface area contributed by atoms with Gasteiger partial charge in [0.25, 0.3) is 0 Å². The summed E-state index contributed by atoms with van der Waals surface area (Å²) in [6, 6.07) is 7.35. The van der Waals surface area contributed by atoms with Crippen molar-refractivity contribution in [2.75, 3.05) is 13.6 Å². The Kier molecular flexibility index (Phi) is 4.19. The Morgan fingerprint density at radius 1 is 1.46 bits per heavy atom. The average Bonchev–Trinajstić information content (AvgIpc) is 2.09. The SMILES string of the molecule is CNC[C@@H](F)Cc1ccccc1Cl. The first-order chi connectivity index (χ1) is 6.24. The molecule has 0 fully saturated rings. The van der Waals surface area contributed by atoms with Crippen LogP contribution < -0.4 is 5.32 Å². The molecule has 0 saturated heterocycles. The van der Waals surface area contributed by atoms with Crippen LogP contribution in [-0.2, 0) is 6.42 Å². The number of hydrogen-bond donors (Lipinski definition) is 1. The van der Waals surface area contributed by atoms with E-state index in [4.69, 9.17) is 11.6 Å². The first-order valence-electron chi connectivity index (χ1n) is 4.26. The number of halogens is 2. The smallest absolute Gasteiger partial charge is 0.117 e. The highest BCUT2D eigenvalue weighted by molar-refractivity contribution is 6.31. The quantitative estimate of drug-likeness (QED) is 0.789. The number of alkyl halides is 1. The molecule has 0 bridgehead atoms. The summed E-state index contributed by atoms with van der Waals surface area (Å²) in [7, 11) is 1.74. The van der Waals surface area contributed by atoms with Crippen LogP contribution in [0.5, 0.6) is 0 Å². The normalized spacial score (nSPS) is 12.8. The monoisotopic (exact) mass is 201 g/mol. The highest BCUT2D eigenvalue weighted by Crippen LogP contribution is 2.17. The van der Waals surface area contributed by atoms with E-state index in [2.05, 4.69) is 5.32 Å². The Bertz CT molecular complexity index is 265. The predicted octanol–water partition coefficient (Wildman–Crippen LogP) is 2.44. The van der Waals surface area contributed by atoms with Crippen molar-refractivity contribution in [2.24, 2.45) is 0 Å². The third kappa shape index (κ3) is 3.33.